The fourth-order valence-corrected chi connectivity index (χ4v) is 2.47. The minimum Gasteiger partial charge on any atom is -0.320 e. The van der Waals surface area contributed by atoms with Crippen molar-refractivity contribution in [3.63, 3.8) is 0 Å². The van der Waals surface area contributed by atoms with Crippen molar-refractivity contribution in [2.75, 3.05) is 0 Å². The van der Waals surface area contributed by atoms with E-state index in [1.165, 1.54) is 5.56 Å². The van der Waals surface area contributed by atoms with Crippen LogP contribution in [0.3, 0.4) is 0 Å². The van der Waals surface area contributed by atoms with Gasteiger partial charge in [0.05, 0.1) is 6.04 Å². The van der Waals surface area contributed by atoms with E-state index in [4.69, 9.17) is 17.3 Å². The SMILES string of the molecule is Cc1cccc(C(N)c2cc(Cl)ccc2Br)c1. The lowest BCUT2D eigenvalue weighted by molar-refractivity contribution is 0.864. The van der Waals surface area contributed by atoms with Crippen LogP contribution >= 0.6 is 27.5 Å². The maximum atomic E-state index is 6.27. The van der Waals surface area contributed by atoms with Gasteiger partial charge >= 0.3 is 0 Å². The van der Waals surface area contributed by atoms with E-state index in [-0.39, 0.29) is 6.04 Å². The molecule has 0 heterocycles. The molecule has 0 saturated heterocycles. The number of halogens is 2. The van der Waals surface area contributed by atoms with Crippen LogP contribution in [0.25, 0.3) is 0 Å². The zero-order valence-electron chi connectivity index (χ0n) is 9.45. The highest BCUT2D eigenvalue weighted by Crippen LogP contribution is 2.29. The van der Waals surface area contributed by atoms with E-state index in [0.717, 1.165) is 15.6 Å². The standard InChI is InChI=1S/C14H13BrClN/c1-9-3-2-4-10(7-9)14(17)12-8-11(16)5-6-13(12)15/h2-8,14H,17H2,1H3. The lowest BCUT2D eigenvalue weighted by atomic mass is 9.98. The van der Waals surface area contributed by atoms with Crippen molar-refractivity contribution in [3.8, 4) is 0 Å². The molecule has 0 aliphatic heterocycles. The fraction of sp³-hybridized carbons (Fsp3) is 0.143. The summed E-state index contributed by atoms with van der Waals surface area (Å²) in [5.41, 5.74) is 9.56. The average Bonchev–Trinajstić information content (AvgIpc) is 2.31. The van der Waals surface area contributed by atoms with E-state index >= 15 is 0 Å². The molecule has 0 bridgehead atoms. The second-order valence-corrected chi connectivity index (χ2v) is 5.35. The van der Waals surface area contributed by atoms with Gasteiger partial charge in [-0.1, -0.05) is 57.4 Å². The molecule has 2 aromatic carbocycles. The summed E-state index contributed by atoms with van der Waals surface area (Å²) < 4.78 is 0.982. The van der Waals surface area contributed by atoms with Crippen molar-refractivity contribution >= 4 is 27.5 Å². The molecule has 1 nitrogen and oxygen atoms in total. The molecule has 2 rings (SSSR count). The molecule has 2 N–H and O–H groups in total. The summed E-state index contributed by atoms with van der Waals surface area (Å²) in [5, 5.41) is 0.700. The van der Waals surface area contributed by atoms with Gasteiger partial charge in [-0.15, -0.1) is 0 Å². The molecular weight excluding hydrogens is 298 g/mol. The van der Waals surface area contributed by atoms with Crippen LogP contribution in [0.1, 0.15) is 22.7 Å². The summed E-state index contributed by atoms with van der Waals surface area (Å²) in [4.78, 5) is 0. The van der Waals surface area contributed by atoms with Crippen molar-refractivity contribution in [2.24, 2.45) is 5.73 Å². The van der Waals surface area contributed by atoms with Crippen LogP contribution in [0.5, 0.6) is 0 Å². The maximum Gasteiger partial charge on any atom is 0.0563 e. The fourth-order valence-electron chi connectivity index (χ4n) is 1.80. The Hall–Kier alpha value is -0.830. The molecule has 1 atom stereocenters. The molecule has 0 aliphatic carbocycles. The van der Waals surface area contributed by atoms with Crippen LogP contribution in [-0.2, 0) is 0 Å². The van der Waals surface area contributed by atoms with Crippen molar-refractivity contribution in [3.05, 3.63) is 68.7 Å². The van der Waals surface area contributed by atoms with Gasteiger partial charge in [-0.2, -0.15) is 0 Å². The Morgan fingerprint density at radius 1 is 1.18 bits per heavy atom. The van der Waals surface area contributed by atoms with E-state index in [9.17, 15) is 0 Å². The molecule has 2 aromatic rings. The third-order valence-electron chi connectivity index (χ3n) is 2.69. The largest absolute Gasteiger partial charge is 0.320 e. The van der Waals surface area contributed by atoms with Gasteiger partial charge in [-0.05, 0) is 36.2 Å². The molecule has 0 amide bonds. The van der Waals surface area contributed by atoms with E-state index in [2.05, 4.69) is 35.0 Å². The summed E-state index contributed by atoms with van der Waals surface area (Å²) >= 11 is 9.51. The minimum atomic E-state index is -0.164. The third-order valence-corrected chi connectivity index (χ3v) is 3.65. The van der Waals surface area contributed by atoms with Gasteiger partial charge in [-0.25, -0.2) is 0 Å². The average molecular weight is 311 g/mol. The molecular formula is C14H13BrClN. The van der Waals surface area contributed by atoms with Crippen LogP contribution in [-0.4, -0.2) is 0 Å². The number of hydrogen-bond acceptors (Lipinski definition) is 1. The Bertz CT molecular complexity index is 539. The first-order valence-electron chi connectivity index (χ1n) is 5.35. The maximum absolute atomic E-state index is 6.27. The molecule has 17 heavy (non-hydrogen) atoms. The van der Waals surface area contributed by atoms with Crippen LogP contribution in [0, 0.1) is 6.92 Å². The Kier molecular flexibility index (Phi) is 3.87. The van der Waals surface area contributed by atoms with Crippen molar-refractivity contribution in [1.29, 1.82) is 0 Å². The number of rotatable bonds is 2. The van der Waals surface area contributed by atoms with Crippen LogP contribution < -0.4 is 5.73 Å². The molecule has 0 radical (unpaired) electrons. The molecule has 0 fully saturated rings. The second-order valence-electron chi connectivity index (χ2n) is 4.06. The van der Waals surface area contributed by atoms with E-state index in [1.807, 2.05) is 30.3 Å². The topological polar surface area (TPSA) is 26.0 Å². The van der Waals surface area contributed by atoms with Crippen LogP contribution in [0.4, 0.5) is 0 Å². The Labute approximate surface area is 115 Å². The van der Waals surface area contributed by atoms with Crippen LogP contribution in [0.2, 0.25) is 5.02 Å². The third kappa shape index (κ3) is 2.89. The van der Waals surface area contributed by atoms with Gasteiger partial charge in [0.25, 0.3) is 0 Å². The molecule has 0 saturated carbocycles. The predicted molar refractivity (Wildman–Crippen MR) is 76.4 cm³/mol. The summed E-state index contributed by atoms with van der Waals surface area (Å²) in [7, 11) is 0. The van der Waals surface area contributed by atoms with Gasteiger partial charge in [-0.3, -0.25) is 0 Å². The second kappa shape index (κ2) is 5.21. The molecule has 0 aromatic heterocycles. The van der Waals surface area contributed by atoms with E-state index in [0.29, 0.717) is 5.02 Å². The van der Waals surface area contributed by atoms with Gasteiger partial charge < -0.3 is 5.73 Å². The zero-order chi connectivity index (χ0) is 12.4. The van der Waals surface area contributed by atoms with Gasteiger partial charge in [0, 0.05) is 9.50 Å². The molecule has 0 spiro atoms. The summed E-state index contributed by atoms with van der Waals surface area (Å²) in [6, 6.07) is 13.7. The summed E-state index contributed by atoms with van der Waals surface area (Å²) in [6.07, 6.45) is 0. The molecule has 3 heteroatoms. The lowest BCUT2D eigenvalue weighted by Gasteiger charge is -2.15. The minimum absolute atomic E-state index is 0.164. The summed E-state index contributed by atoms with van der Waals surface area (Å²) in [5.74, 6) is 0. The van der Waals surface area contributed by atoms with Crippen LogP contribution in [0.15, 0.2) is 46.9 Å². The number of aryl methyl sites for hydroxylation is 1. The van der Waals surface area contributed by atoms with Gasteiger partial charge in [0.15, 0.2) is 0 Å². The van der Waals surface area contributed by atoms with Gasteiger partial charge in [0.1, 0.15) is 0 Å². The number of nitrogens with two attached hydrogens (primary N) is 1. The van der Waals surface area contributed by atoms with E-state index < -0.39 is 0 Å². The summed E-state index contributed by atoms with van der Waals surface area (Å²) in [6.45, 7) is 2.06. The highest BCUT2D eigenvalue weighted by atomic mass is 79.9. The molecule has 0 aliphatic rings. The lowest BCUT2D eigenvalue weighted by Crippen LogP contribution is -2.12. The first-order valence-corrected chi connectivity index (χ1v) is 6.52. The van der Waals surface area contributed by atoms with Crippen molar-refractivity contribution in [2.45, 2.75) is 13.0 Å². The highest BCUT2D eigenvalue weighted by Gasteiger charge is 2.12. The van der Waals surface area contributed by atoms with Gasteiger partial charge in [0.2, 0.25) is 0 Å². The Morgan fingerprint density at radius 3 is 2.65 bits per heavy atom. The molecule has 1 unspecified atom stereocenters. The van der Waals surface area contributed by atoms with Crippen molar-refractivity contribution in [1.82, 2.24) is 0 Å². The van der Waals surface area contributed by atoms with E-state index in [1.54, 1.807) is 0 Å². The smallest absolute Gasteiger partial charge is 0.0563 e. The normalized spacial score (nSPS) is 12.5. The first-order chi connectivity index (χ1) is 8.08. The quantitative estimate of drug-likeness (QED) is 0.871. The highest BCUT2D eigenvalue weighted by molar-refractivity contribution is 9.10. The van der Waals surface area contributed by atoms with Crippen molar-refractivity contribution < 1.29 is 0 Å². The number of hydrogen-bond donors (Lipinski definition) is 1. The number of benzene rings is 2. The Morgan fingerprint density at radius 2 is 1.94 bits per heavy atom. The monoisotopic (exact) mass is 309 g/mol. The predicted octanol–water partition coefficient (Wildman–Crippen LogP) is 4.46. The first kappa shape index (κ1) is 12.6. The Balaban J connectivity index is 2.43. The molecule has 88 valence electrons. The zero-order valence-corrected chi connectivity index (χ0v) is 11.8.